The number of carbonyl (C=O) groups is 2. The molecule has 0 radical (unpaired) electrons. The van der Waals surface area contributed by atoms with E-state index < -0.39 is 6.09 Å². The van der Waals surface area contributed by atoms with Gasteiger partial charge in [-0.3, -0.25) is 4.79 Å². The summed E-state index contributed by atoms with van der Waals surface area (Å²) in [5.41, 5.74) is 7.62. The van der Waals surface area contributed by atoms with Gasteiger partial charge in [-0.1, -0.05) is 12.1 Å². The summed E-state index contributed by atoms with van der Waals surface area (Å²) in [6.45, 7) is 2.20. The molecule has 2 heterocycles. The number of nitrogen functional groups attached to an aromatic ring is 1. The fraction of sp³-hybridized carbons (Fsp3) is 0.267. The Morgan fingerprint density at radius 2 is 2.17 bits per heavy atom. The molecule has 0 fully saturated rings. The molecule has 4 N–H and O–H groups in total. The lowest BCUT2D eigenvalue weighted by molar-refractivity contribution is 0.102. The molecule has 2 aromatic rings. The molecular weight excluding hydrogens is 316 g/mol. The maximum absolute atomic E-state index is 12.4. The molecule has 1 atom stereocenters. The monoisotopic (exact) mass is 332 g/mol. The first-order valence-corrected chi connectivity index (χ1v) is 7.94. The van der Waals surface area contributed by atoms with Gasteiger partial charge < -0.3 is 21.1 Å². The Balaban J connectivity index is 1.83. The van der Waals surface area contributed by atoms with Gasteiger partial charge in [0.25, 0.3) is 5.91 Å². The quantitative estimate of drug-likeness (QED) is 0.732. The number of carbonyl (C=O) groups excluding carboxylic acids is 1. The van der Waals surface area contributed by atoms with Crippen LogP contribution in [0.5, 0.6) is 0 Å². The number of aromatic nitrogens is 1. The Labute approximate surface area is 136 Å². The van der Waals surface area contributed by atoms with Gasteiger partial charge in [-0.05, 0) is 19.1 Å². The predicted molar refractivity (Wildman–Crippen MR) is 87.8 cm³/mol. The Hall–Kier alpha value is -2.61. The van der Waals surface area contributed by atoms with Crippen LogP contribution in [-0.4, -0.2) is 33.5 Å². The van der Waals surface area contributed by atoms with E-state index in [0.717, 1.165) is 10.6 Å². The van der Waals surface area contributed by atoms with Crippen LogP contribution < -0.4 is 11.1 Å². The molecule has 0 bridgehead atoms. The number of nitrogens with two attached hydrogens (primary N) is 1. The van der Waals surface area contributed by atoms with Gasteiger partial charge in [0.2, 0.25) is 0 Å². The second-order valence-corrected chi connectivity index (χ2v) is 6.30. The minimum Gasteiger partial charge on any atom is -0.465 e. The summed E-state index contributed by atoms with van der Waals surface area (Å²) in [5, 5.41) is 12.2. The number of fused-ring (bicyclic) bond motifs is 1. The molecule has 1 aliphatic heterocycles. The summed E-state index contributed by atoms with van der Waals surface area (Å²) < 4.78 is 0. The molecule has 8 heteroatoms. The lowest BCUT2D eigenvalue weighted by atomic mass is 10.1. The van der Waals surface area contributed by atoms with Gasteiger partial charge in [-0.25, -0.2) is 9.78 Å². The molecule has 120 valence electrons. The van der Waals surface area contributed by atoms with Gasteiger partial charge in [0.1, 0.15) is 0 Å². The lowest BCUT2D eigenvalue weighted by Gasteiger charge is -2.29. The van der Waals surface area contributed by atoms with E-state index in [-0.39, 0.29) is 11.9 Å². The van der Waals surface area contributed by atoms with Crippen LogP contribution in [0.15, 0.2) is 24.3 Å². The Morgan fingerprint density at radius 1 is 1.43 bits per heavy atom. The summed E-state index contributed by atoms with van der Waals surface area (Å²) in [6.07, 6.45) is -0.442. The third-order valence-corrected chi connectivity index (χ3v) is 5.08. The van der Waals surface area contributed by atoms with Crippen LogP contribution in [0.25, 0.3) is 0 Å². The number of amides is 2. The molecule has 1 aromatic carbocycles. The summed E-state index contributed by atoms with van der Waals surface area (Å²) in [4.78, 5) is 30.1. The third kappa shape index (κ3) is 2.85. The maximum atomic E-state index is 12.4. The molecule has 0 saturated carbocycles. The summed E-state index contributed by atoms with van der Waals surface area (Å²) in [6, 6.07) is 6.70. The number of para-hydroxylation sites is 2. The van der Waals surface area contributed by atoms with E-state index in [1.165, 1.54) is 16.2 Å². The van der Waals surface area contributed by atoms with E-state index in [4.69, 9.17) is 5.73 Å². The summed E-state index contributed by atoms with van der Waals surface area (Å²) in [5.74, 6) is -0.337. The minimum absolute atomic E-state index is 0.294. The van der Waals surface area contributed by atoms with Crippen LogP contribution in [0.3, 0.4) is 0 Å². The Morgan fingerprint density at radius 3 is 2.87 bits per heavy atom. The predicted octanol–water partition coefficient (Wildman–Crippen LogP) is 2.57. The largest absolute Gasteiger partial charge is 0.465 e. The van der Waals surface area contributed by atoms with Gasteiger partial charge >= 0.3 is 6.09 Å². The van der Waals surface area contributed by atoms with Gasteiger partial charge in [0, 0.05) is 13.0 Å². The Kier molecular flexibility index (Phi) is 3.91. The number of nitrogens with one attached hydrogen (secondary N) is 1. The van der Waals surface area contributed by atoms with Crippen LogP contribution in [-0.2, 0) is 6.42 Å². The first kappa shape index (κ1) is 15.3. The normalized spacial score (nSPS) is 16.7. The van der Waals surface area contributed by atoms with Gasteiger partial charge in [0.05, 0.1) is 28.0 Å². The van der Waals surface area contributed by atoms with E-state index in [1.54, 1.807) is 31.2 Å². The summed E-state index contributed by atoms with van der Waals surface area (Å²) >= 11 is 1.23. The number of nitrogens with zero attached hydrogens (tertiary/aromatic N) is 2. The fourth-order valence-electron chi connectivity index (χ4n) is 2.58. The average Bonchev–Trinajstić information content (AvgIpc) is 2.95. The highest BCUT2D eigenvalue weighted by Crippen LogP contribution is 2.34. The van der Waals surface area contributed by atoms with Crippen molar-refractivity contribution in [1.29, 1.82) is 0 Å². The fourth-order valence-corrected chi connectivity index (χ4v) is 3.65. The van der Waals surface area contributed by atoms with Crippen LogP contribution in [0.1, 0.15) is 33.3 Å². The highest BCUT2D eigenvalue weighted by atomic mass is 32.1. The molecule has 0 spiro atoms. The van der Waals surface area contributed by atoms with E-state index in [0.29, 0.717) is 29.3 Å². The van der Waals surface area contributed by atoms with Crippen LogP contribution in [0, 0.1) is 0 Å². The zero-order chi connectivity index (χ0) is 16.6. The number of hydrogen-bond acceptors (Lipinski definition) is 5. The second kappa shape index (κ2) is 5.88. The summed E-state index contributed by atoms with van der Waals surface area (Å²) in [7, 11) is 0. The highest BCUT2D eigenvalue weighted by Gasteiger charge is 2.31. The first-order chi connectivity index (χ1) is 11.0. The maximum Gasteiger partial charge on any atom is 0.407 e. The zero-order valence-corrected chi connectivity index (χ0v) is 13.3. The molecule has 1 aliphatic rings. The lowest BCUT2D eigenvalue weighted by Crippen LogP contribution is -2.37. The van der Waals surface area contributed by atoms with Gasteiger partial charge in [-0.15, -0.1) is 11.3 Å². The standard InChI is InChI=1S/C15H16N4O3S/c1-8-12-11(6-7-19(8)15(21)22)18-14(23-12)13(20)17-10-5-3-2-4-9(10)16/h2-5,8H,6-7,16H2,1H3,(H,17,20)(H,21,22). The van der Waals surface area contributed by atoms with Crippen molar-refractivity contribution in [3.8, 4) is 0 Å². The molecule has 1 aromatic heterocycles. The van der Waals surface area contributed by atoms with Crippen LogP contribution in [0.4, 0.5) is 16.2 Å². The van der Waals surface area contributed by atoms with Crippen molar-refractivity contribution in [2.75, 3.05) is 17.6 Å². The van der Waals surface area contributed by atoms with E-state index in [9.17, 15) is 14.7 Å². The zero-order valence-electron chi connectivity index (χ0n) is 12.4. The minimum atomic E-state index is -0.959. The van der Waals surface area contributed by atoms with Crippen LogP contribution >= 0.6 is 11.3 Å². The number of rotatable bonds is 2. The number of thiazole rings is 1. The van der Waals surface area contributed by atoms with Crippen molar-refractivity contribution in [2.24, 2.45) is 0 Å². The molecule has 7 nitrogen and oxygen atoms in total. The van der Waals surface area contributed by atoms with Crippen molar-refractivity contribution >= 4 is 34.7 Å². The first-order valence-electron chi connectivity index (χ1n) is 7.12. The van der Waals surface area contributed by atoms with Crippen molar-refractivity contribution in [2.45, 2.75) is 19.4 Å². The highest BCUT2D eigenvalue weighted by molar-refractivity contribution is 7.14. The van der Waals surface area contributed by atoms with Crippen LogP contribution in [0.2, 0.25) is 0 Å². The number of carboxylic acid groups (broad SMARTS) is 1. The van der Waals surface area contributed by atoms with Crippen molar-refractivity contribution < 1.29 is 14.7 Å². The van der Waals surface area contributed by atoms with Gasteiger partial charge in [0.15, 0.2) is 5.01 Å². The Bertz CT molecular complexity index is 774. The van der Waals surface area contributed by atoms with Crippen molar-refractivity contribution in [3.05, 3.63) is 39.8 Å². The average molecular weight is 332 g/mol. The smallest absolute Gasteiger partial charge is 0.407 e. The second-order valence-electron chi connectivity index (χ2n) is 5.27. The molecule has 0 saturated heterocycles. The van der Waals surface area contributed by atoms with Crippen molar-refractivity contribution in [1.82, 2.24) is 9.88 Å². The topological polar surface area (TPSA) is 109 Å². The molecule has 1 unspecified atom stereocenters. The van der Waals surface area contributed by atoms with E-state index >= 15 is 0 Å². The van der Waals surface area contributed by atoms with Gasteiger partial charge in [-0.2, -0.15) is 0 Å². The molecule has 3 rings (SSSR count). The van der Waals surface area contributed by atoms with Crippen molar-refractivity contribution in [3.63, 3.8) is 0 Å². The number of anilines is 2. The molecular formula is C15H16N4O3S. The molecule has 0 aliphatic carbocycles. The number of hydrogen-bond donors (Lipinski definition) is 3. The third-order valence-electron chi connectivity index (χ3n) is 3.81. The van der Waals surface area contributed by atoms with E-state index in [1.807, 2.05) is 0 Å². The number of benzene rings is 1. The molecule has 2 amide bonds. The SMILES string of the molecule is CC1c2sc(C(=O)Nc3ccccc3N)nc2CCN1C(=O)O. The van der Waals surface area contributed by atoms with E-state index in [2.05, 4.69) is 10.3 Å². The molecule has 23 heavy (non-hydrogen) atoms.